The molecule has 0 heterocycles. The van der Waals surface area contributed by atoms with E-state index in [0.29, 0.717) is 5.56 Å². The summed E-state index contributed by atoms with van der Waals surface area (Å²) in [6.07, 6.45) is -0.0720. The second-order valence-electron chi connectivity index (χ2n) is 2.96. The number of nitro groups is 1. The van der Waals surface area contributed by atoms with Crippen LogP contribution < -0.4 is 0 Å². The van der Waals surface area contributed by atoms with E-state index in [2.05, 4.69) is 4.74 Å². The number of hydrogen-bond acceptors (Lipinski definition) is 5. The van der Waals surface area contributed by atoms with Crippen LogP contribution in [0, 0.1) is 21.4 Å². The molecular weight excluding hydrogens is 212 g/mol. The lowest BCUT2D eigenvalue weighted by atomic mass is 10.0. The Hall–Kier alpha value is -2.42. The van der Waals surface area contributed by atoms with Gasteiger partial charge in [0, 0.05) is 12.1 Å². The number of non-ortho nitro benzene ring substituents is 1. The summed E-state index contributed by atoms with van der Waals surface area (Å²) in [6.45, 7) is 0. The van der Waals surface area contributed by atoms with Crippen LogP contribution in [-0.4, -0.2) is 18.0 Å². The van der Waals surface area contributed by atoms with E-state index in [-0.39, 0.29) is 17.7 Å². The molecule has 0 aliphatic rings. The Morgan fingerprint density at radius 3 is 2.81 bits per heavy atom. The third-order valence-electron chi connectivity index (χ3n) is 1.99. The van der Waals surface area contributed by atoms with Crippen LogP contribution in [0.5, 0.6) is 0 Å². The molecule has 0 aliphatic heterocycles. The maximum atomic E-state index is 11.0. The summed E-state index contributed by atoms with van der Waals surface area (Å²) in [4.78, 5) is 20.9. The first-order valence-corrected chi connectivity index (χ1v) is 4.32. The highest BCUT2D eigenvalue weighted by molar-refractivity contribution is 5.73. The van der Waals surface area contributed by atoms with E-state index in [1.807, 2.05) is 6.07 Å². The van der Waals surface area contributed by atoms with E-state index >= 15 is 0 Å². The highest BCUT2D eigenvalue weighted by Gasteiger charge is 2.13. The molecule has 0 spiro atoms. The fraction of sp³-hybridized carbons (Fsp3) is 0.200. The normalized spacial score (nSPS) is 9.25. The van der Waals surface area contributed by atoms with Crippen molar-refractivity contribution in [2.75, 3.05) is 7.11 Å². The lowest BCUT2D eigenvalue weighted by molar-refractivity contribution is -0.384. The first kappa shape index (κ1) is 11.7. The number of hydrogen-bond donors (Lipinski definition) is 0. The molecule has 0 unspecified atom stereocenters. The average Bonchev–Trinajstić information content (AvgIpc) is 2.29. The van der Waals surface area contributed by atoms with Gasteiger partial charge in [0.25, 0.3) is 5.69 Å². The van der Waals surface area contributed by atoms with Gasteiger partial charge in [0.15, 0.2) is 0 Å². The number of benzene rings is 1. The van der Waals surface area contributed by atoms with E-state index in [0.717, 1.165) is 6.07 Å². The van der Waals surface area contributed by atoms with Crippen LogP contribution in [0.1, 0.15) is 11.1 Å². The number of nitrogens with zero attached hydrogens (tertiary/aromatic N) is 2. The van der Waals surface area contributed by atoms with E-state index in [9.17, 15) is 14.9 Å². The molecule has 0 atom stereocenters. The Labute approximate surface area is 91.2 Å². The lowest BCUT2D eigenvalue weighted by Gasteiger charge is -2.02. The van der Waals surface area contributed by atoms with Crippen molar-refractivity contribution in [3.63, 3.8) is 0 Å². The number of nitriles is 1. The minimum Gasteiger partial charge on any atom is -0.469 e. The Morgan fingerprint density at radius 1 is 1.62 bits per heavy atom. The van der Waals surface area contributed by atoms with Crippen LogP contribution in [0.15, 0.2) is 18.2 Å². The fourth-order valence-corrected chi connectivity index (χ4v) is 1.16. The second-order valence-corrected chi connectivity index (χ2v) is 2.96. The minimum atomic E-state index is -0.594. The van der Waals surface area contributed by atoms with Crippen LogP contribution >= 0.6 is 0 Å². The van der Waals surface area contributed by atoms with Crippen LogP contribution in [0.2, 0.25) is 0 Å². The maximum Gasteiger partial charge on any atom is 0.310 e. The molecule has 0 fully saturated rings. The Kier molecular flexibility index (Phi) is 3.56. The van der Waals surface area contributed by atoms with Gasteiger partial charge in [0.1, 0.15) is 0 Å². The van der Waals surface area contributed by atoms with Crippen molar-refractivity contribution in [2.24, 2.45) is 0 Å². The summed E-state index contributed by atoms with van der Waals surface area (Å²) in [5, 5.41) is 19.2. The van der Waals surface area contributed by atoms with Crippen molar-refractivity contribution in [1.82, 2.24) is 0 Å². The first-order valence-electron chi connectivity index (χ1n) is 4.32. The van der Waals surface area contributed by atoms with Gasteiger partial charge in [-0.2, -0.15) is 5.26 Å². The molecule has 16 heavy (non-hydrogen) atoms. The van der Waals surface area contributed by atoms with Gasteiger partial charge in [0.05, 0.1) is 30.1 Å². The van der Waals surface area contributed by atoms with Crippen molar-refractivity contribution < 1.29 is 14.5 Å². The highest BCUT2D eigenvalue weighted by Crippen LogP contribution is 2.17. The molecule has 0 amide bonds. The Balaban J connectivity index is 3.08. The number of methoxy groups -OCH3 is 1. The van der Waals surface area contributed by atoms with Gasteiger partial charge in [-0.25, -0.2) is 0 Å². The van der Waals surface area contributed by atoms with Gasteiger partial charge in [0.2, 0.25) is 0 Å². The number of esters is 1. The average molecular weight is 220 g/mol. The van der Waals surface area contributed by atoms with Gasteiger partial charge < -0.3 is 4.74 Å². The van der Waals surface area contributed by atoms with Crippen LogP contribution in [0.3, 0.4) is 0 Å². The van der Waals surface area contributed by atoms with Gasteiger partial charge in [-0.15, -0.1) is 0 Å². The van der Waals surface area contributed by atoms with Gasteiger partial charge >= 0.3 is 5.97 Å². The molecule has 0 N–H and O–H groups in total. The summed E-state index contributed by atoms with van der Waals surface area (Å²) in [6, 6.07) is 5.58. The van der Waals surface area contributed by atoms with Crippen molar-refractivity contribution >= 4 is 11.7 Å². The van der Waals surface area contributed by atoms with E-state index in [1.165, 1.54) is 19.2 Å². The molecule has 0 saturated heterocycles. The van der Waals surface area contributed by atoms with Crippen molar-refractivity contribution in [1.29, 1.82) is 5.26 Å². The summed E-state index contributed by atoms with van der Waals surface area (Å²) in [5.41, 5.74) is 0.352. The van der Waals surface area contributed by atoms with Gasteiger partial charge in [-0.1, -0.05) is 6.07 Å². The Morgan fingerprint density at radius 2 is 2.31 bits per heavy atom. The van der Waals surface area contributed by atoms with E-state index < -0.39 is 10.9 Å². The van der Waals surface area contributed by atoms with Crippen molar-refractivity contribution in [3.05, 3.63) is 39.4 Å². The maximum absolute atomic E-state index is 11.0. The molecule has 1 rings (SSSR count). The van der Waals surface area contributed by atoms with Crippen LogP contribution in [0.25, 0.3) is 0 Å². The topological polar surface area (TPSA) is 93.2 Å². The molecule has 1 aromatic rings. The number of ether oxygens (including phenoxy) is 1. The summed E-state index contributed by atoms with van der Waals surface area (Å²) in [5.74, 6) is -0.495. The number of carbonyl (C=O) groups is 1. The Bertz CT molecular complexity index is 476. The molecular formula is C10H8N2O4. The molecule has 0 aliphatic carbocycles. The number of nitro benzene ring substituents is 1. The predicted molar refractivity (Wildman–Crippen MR) is 53.5 cm³/mol. The fourth-order valence-electron chi connectivity index (χ4n) is 1.16. The van der Waals surface area contributed by atoms with Crippen LogP contribution in [-0.2, 0) is 16.0 Å². The third kappa shape index (κ3) is 2.54. The summed E-state index contributed by atoms with van der Waals surface area (Å²) in [7, 11) is 1.24. The zero-order valence-corrected chi connectivity index (χ0v) is 8.47. The zero-order chi connectivity index (χ0) is 12.1. The van der Waals surface area contributed by atoms with Crippen molar-refractivity contribution in [2.45, 2.75) is 6.42 Å². The summed E-state index contributed by atoms with van der Waals surface area (Å²) >= 11 is 0. The molecule has 1 aromatic carbocycles. The monoisotopic (exact) mass is 220 g/mol. The van der Waals surface area contributed by atoms with Gasteiger partial charge in [-0.3, -0.25) is 14.9 Å². The zero-order valence-electron chi connectivity index (χ0n) is 8.47. The molecule has 0 saturated carbocycles. The first-order chi connectivity index (χ1) is 7.58. The predicted octanol–water partition coefficient (Wildman–Crippen LogP) is 1.18. The van der Waals surface area contributed by atoms with E-state index in [4.69, 9.17) is 5.26 Å². The lowest BCUT2D eigenvalue weighted by Crippen LogP contribution is -2.06. The molecule has 6 nitrogen and oxygen atoms in total. The van der Waals surface area contributed by atoms with Gasteiger partial charge in [-0.05, 0) is 5.56 Å². The molecule has 6 heteroatoms. The third-order valence-corrected chi connectivity index (χ3v) is 1.99. The second kappa shape index (κ2) is 4.89. The molecule has 0 aromatic heterocycles. The largest absolute Gasteiger partial charge is 0.469 e. The smallest absolute Gasteiger partial charge is 0.310 e. The standard InChI is InChI=1S/C10H8N2O4/c1-16-10(13)5-7-2-3-9(12(14)15)4-8(7)6-11/h2-4H,5H2,1H3. The quantitative estimate of drug-likeness (QED) is 0.433. The van der Waals surface area contributed by atoms with E-state index in [1.54, 1.807) is 0 Å². The molecule has 0 radical (unpaired) electrons. The number of carbonyl (C=O) groups excluding carboxylic acids is 1. The minimum absolute atomic E-state index is 0.0720. The highest BCUT2D eigenvalue weighted by atomic mass is 16.6. The van der Waals surface area contributed by atoms with Crippen LogP contribution in [0.4, 0.5) is 5.69 Å². The SMILES string of the molecule is COC(=O)Cc1ccc([N+](=O)[O-])cc1C#N. The molecule has 0 bridgehead atoms. The number of rotatable bonds is 3. The van der Waals surface area contributed by atoms with Crippen molar-refractivity contribution in [3.8, 4) is 6.07 Å². The molecule has 82 valence electrons. The summed E-state index contributed by atoms with van der Waals surface area (Å²) < 4.78 is 4.45.